The highest BCUT2D eigenvalue weighted by atomic mass is 19.1. The van der Waals surface area contributed by atoms with Crippen molar-refractivity contribution in [3.8, 4) is 5.88 Å². The van der Waals surface area contributed by atoms with E-state index in [0.29, 0.717) is 11.4 Å². The minimum Gasteiger partial charge on any atom is -0.473 e. The largest absolute Gasteiger partial charge is 0.473 e. The Morgan fingerprint density at radius 3 is 2.42 bits per heavy atom. The van der Waals surface area contributed by atoms with Crippen LogP contribution in [0, 0.1) is 11.7 Å². The van der Waals surface area contributed by atoms with Gasteiger partial charge in [0.05, 0.1) is 30.7 Å². The Morgan fingerprint density at radius 1 is 1.00 bits per heavy atom. The summed E-state index contributed by atoms with van der Waals surface area (Å²) in [7, 11) is 0. The van der Waals surface area contributed by atoms with E-state index in [1.807, 2.05) is 98.1 Å². The van der Waals surface area contributed by atoms with Crippen LogP contribution in [-0.2, 0) is 11.3 Å². The highest BCUT2D eigenvalue weighted by molar-refractivity contribution is 6.23. The Bertz CT molecular complexity index is 1800. The first-order chi connectivity index (χ1) is 22.0. The molecule has 3 aromatic carbocycles. The van der Waals surface area contributed by atoms with E-state index in [1.165, 1.54) is 6.07 Å². The number of hydrogen-bond donors (Lipinski definition) is 2. The molecule has 1 aromatic heterocycles. The van der Waals surface area contributed by atoms with Gasteiger partial charge < -0.3 is 15.4 Å². The van der Waals surface area contributed by atoms with E-state index < -0.39 is 17.9 Å². The Balaban J connectivity index is 1.26. The summed E-state index contributed by atoms with van der Waals surface area (Å²) in [5.41, 5.74) is 5.84. The second-order valence-corrected chi connectivity index (χ2v) is 11.0. The van der Waals surface area contributed by atoms with E-state index in [9.17, 15) is 9.18 Å². The van der Waals surface area contributed by atoms with Crippen molar-refractivity contribution in [2.75, 3.05) is 6.54 Å². The minimum atomic E-state index is -0.551. The van der Waals surface area contributed by atoms with E-state index >= 15 is 0 Å². The number of hydrazone groups is 1. The van der Waals surface area contributed by atoms with E-state index in [1.54, 1.807) is 11.2 Å². The van der Waals surface area contributed by atoms with Crippen LogP contribution in [-0.4, -0.2) is 52.5 Å². The van der Waals surface area contributed by atoms with E-state index in [-0.39, 0.29) is 31.0 Å². The normalized spacial score (nSPS) is 20.5. The van der Waals surface area contributed by atoms with Gasteiger partial charge in [0.2, 0.25) is 11.8 Å². The molecular weight excluding hydrogens is 569 g/mol. The van der Waals surface area contributed by atoms with Gasteiger partial charge in [-0.25, -0.2) is 19.4 Å². The van der Waals surface area contributed by atoms with Crippen LogP contribution in [0.15, 0.2) is 118 Å². The molecule has 2 N–H and O–H groups in total. The maximum Gasteiger partial charge on any atom is 0.232 e. The zero-order chi connectivity index (χ0) is 30.8. The van der Waals surface area contributed by atoms with Gasteiger partial charge in [-0.05, 0) is 30.7 Å². The quantitative estimate of drug-likeness (QED) is 0.319. The molecule has 4 heterocycles. The Labute approximate surface area is 259 Å². The fourth-order valence-corrected chi connectivity index (χ4v) is 5.48. The third-order valence-corrected chi connectivity index (χ3v) is 7.78. The Kier molecular flexibility index (Phi) is 7.61. The number of pyridine rings is 1. The van der Waals surface area contributed by atoms with Gasteiger partial charge in [0.25, 0.3) is 0 Å². The maximum absolute atomic E-state index is 14.2. The van der Waals surface area contributed by atoms with Gasteiger partial charge in [-0.1, -0.05) is 72.8 Å². The molecule has 10 heteroatoms. The number of ether oxygens (including phenoxy) is 1. The molecule has 45 heavy (non-hydrogen) atoms. The standard InChI is InChI=1S/C35H30FN7O2/c1-22-17-38-34(44)29-20-40-43-21-30(32(42-33(29)43)37-18-26-16-27(36)19-39-35(26)45-22)23-12-14-28(15-13-23)41-31(24-8-4-2-5-9-24)25-10-6-3-7-11-25/h2-16,19-22,29,33H,17-18H2,1H3,(H,37,42)(H,38,44)/t22-,29?,33?/m0/s1. The van der Waals surface area contributed by atoms with Crippen LogP contribution < -0.4 is 15.4 Å². The summed E-state index contributed by atoms with van der Waals surface area (Å²) in [6.45, 7) is 2.20. The van der Waals surface area contributed by atoms with Crippen LogP contribution in [0.5, 0.6) is 5.88 Å². The van der Waals surface area contributed by atoms with Crippen molar-refractivity contribution in [2.45, 2.75) is 25.7 Å². The summed E-state index contributed by atoms with van der Waals surface area (Å²) < 4.78 is 20.2. The number of hydrogen-bond acceptors (Lipinski definition) is 8. The first-order valence-corrected chi connectivity index (χ1v) is 14.8. The van der Waals surface area contributed by atoms with Crippen LogP contribution in [0.2, 0.25) is 0 Å². The minimum absolute atomic E-state index is 0.117. The Morgan fingerprint density at radius 2 is 1.71 bits per heavy atom. The van der Waals surface area contributed by atoms with Crippen molar-refractivity contribution < 1.29 is 13.9 Å². The van der Waals surface area contributed by atoms with Gasteiger partial charge in [-0.2, -0.15) is 5.10 Å². The average molecular weight is 600 g/mol. The van der Waals surface area contributed by atoms with Crippen molar-refractivity contribution in [1.29, 1.82) is 0 Å². The number of halogens is 1. The monoisotopic (exact) mass is 599 g/mol. The van der Waals surface area contributed by atoms with Crippen LogP contribution in [0.3, 0.4) is 0 Å². The molecule has 3 aliphatic heterocycles. The molecule has 3 aliphatic rings. The number of nitrogens with one attached hydrogen (secondary N) is 2. The van der Waals surface area contributed by atoms with Crippen LogP contribution >= 0.6 is 0 Å². The van der Waals surface area contributed by atoms with Gasteiger partial charge in [-0.3, -0.25) is 9.79 Å². The Hall–Kier alpha value is -5.64. The van der Waals surface area contributed by atoms with Crippen molar-refractivity contribution in [3.05, 3.63) is 131 Å². The average Bonchev–Trinajstić information content (AvgIpc) is 3.49. The molecule has 1 amide bonds. The van der Waals surface area contributed by atoms with E-state index in [2.05, 4.69) is 20.7 Å². The van der Waals surface area contributed by atoms with Crippen LogP contribution in [0.4, 0.5) is 10.1 Å². The first kappa shape index (κ1) is 28.1. The van der Waals surface area contributed by atoms with Gasteiger partial charge in [0.1, 0.15) is 29.8 Å². The summed E-state index contributed by atoms with van der Waals surface area (Å²) in [4.78, 5) is 27.2. The van der Waals surface area contributed by atoms with Crippen molar-refractivity contribution in [1.82, 2.24) is 20.6 Å². The molecule has 0 saturated heterocycles. The molecule has 7 rings (SSSR count). The number of aromatic nitrogens is 1. The summed E-state index contributed by atoms with van der Waals surface area (Å²) in [5.74, 6) is -0.391. The third kappa shape index (κ3) is 5.95. The molecule has 0 aliphatic carbocycles. The van der Waals surface area contributed by atoms with Gasteiger partial charge in [0, 0.05) is 34.7 Å². The fraction of sp³-hybridized carbons (Fsp3) is 0.171. The zero-order valence-electron chi connectivity index (χ0n) is 24.5. The molecule has 2 bridgehead atoms. The maximum atomic E-state index is 14.2. The van der Waals surface area contributed by atoms with Crippen LogP contribution in [0.25, 0.3) is 5.57 Å². The second-order valence-electron chi connectivity index (χ2n) is 11.0. The lowest BCUT2D eigenvalue weighted by atomic mass is 10.00. The number of rotatable bonds is 4. The number of nitrogens with zero attached hydrogens (tertiary/aromatic N) is 5. The van der Waals surface area contributed by atoms with Gasteiger partial charge in [0.15, 0.2) is 0 Å². The number of amidine groups is 1. The highest BCUT2D eigenvalue weighted by Crippen LogP contribution is 2.30. The van der Waals surface area contributed by atoms with Gasteiger partial charge >= 0.3 is 0 Å². The second kappa shape index (κ2) is 12.2. The molecule has 9 nitrogen and oxygen atoms in total. The third-order valence-electron chi connectivity index (χ3n) is 7.78. The fourth-order valence-electron chi connectivity index (χ4n) is 5.48. The smallest absolute Gasteiger partial charge is 0.232 e. The number of fused-ring (bicyclic) bond motifs is 2. The molecule has 0 saturated carbocycles. The highest BCUT2D eigenvalue weighted by Gasteiger charge is 2.39. The number of carbonyl (C=O) groups is 1. The van der Waals surface area contributed by atoms with Crippen molar-refractivity contribution >= 4 is 34.9 Å². The van der Waals surface area contributed by atoms with Crippen molar-refractivity contribution in [3.63, 3.8) is 0 Å². The molecule has 2 unspecified atom stereocenters. The lowest BCUT2D eigenvalue weighted by Gasteiger charge is -2.32. The number of carbonyl (C=O) groups excluding carboxylic acids is 1. The molecule has 4 aromatic rings. The van der Waals surface area contributed by atoms with Gasteiger partial charge in [-0.15, -0.1) is 0 Å². The van der Waals surface area contributed by atoms with E-state index in [4.69, 9.17) is 14.7 Å². The summed E-state index contributed by atoms with van der Waals surface area (Å²) >= 11 is 0. The number of benzene rings is 3. The molecular formula is C35H30FN7O2. The SMILES string of the molecule is C[C@H]1CNC(=O)C2C=NN3C=C(c4ccc(N=C(c5ccccc5)c5ccccc5)cc4)C(=NCc4cc(F)cnc4O1)NC23. The first-order valence-electron chi connectivity index (χ1n) is 14.8. The molecule has 0 fully saturated rings. The molecule has 3 atom stereocenters. The summed E-state index contributed by atoms with van der Waals surface area (Å²) in [6.07, 6.45) is 3.78. The number of amides is 1. The summed E-state index contributed by atoms with van der Waals surface area (Å²) in [6, 6.07) is 29.4. The van der Waals surface area contributed by atoms with Crippen LogP contribution in [0.1, 0.15) is 29.2 Å². The lowest BCUT2D eigenvalue weighted by molar-refractivity contribution is -0.124. The van der Waals surface area contributed by atoms with E-state index in [0.717, 1.165) is 39.9 Å². The van der Waals surface area contributed by atoms with Crippen molar-refractivity contribution in [2.24, 2.45) is 21.0 Å². The number of aliphatic imine (C=N–C) groups is 2. The molecule has 0 spiro atoms. The zero-order valence-corrected chi connectivity index (χ0v) is 24.5. The predicted octanol–water partition coefficient (Wildman–Crippen LogP) is 5.07. The predicted molar refractivity (Wildman–Crippen MR) is 172 cm³/mol. The molecule has 0 radical (unpaired) electrons. The topological polar surface area (TPSA) is 104 Å². The molecule has 224 valence electrons. The summed E-state index contributed by atoms with van der Waals surface area (Å²) in [5, 5.41) is 12.6. The lowest BCUT2D eigenvalue weighted by Crippen LogP contribution is -2.53.